The summed E-state index contributed by atoms with van der Waals surface area (Å²) < 4.78 is 0.281. The Morgan fingerprint density at radius 3 is 2.77 bits per heavy atom. The zero-order valence-corrected chi connectivity index (χ0v) is 7.32. The fraction of sp³-hybridized carbons (Fsp3) is 0. The molecule has 0 saturated heterocycles. The highest BCUT2D eigenvalue weighted by Crippen LogP contribution is 2.17. The highest BCUT2D eigenvalue weighted by Gasteiger charge is 2.02. The lowest BCUT2D eigenvalue weighted by Gasteiger charge is -2.00. The van der Waals surface area contributed by atoms with Crippen LogP contribution < -0.4 is 0 Å². The lowest BCUT2D eigenvalue weighted by atomic mass is 10.3. The molecule has 0 atom stereocenters. The van der Waals surface area contributed by atoms with Gasteiger partial charge in [-0.1, -0.05) is 17.2 Å². The number of phenols is 1. The van der Waals surface area contributed by atoms with E-state index < -0.39 is 0 Å². The van der Waals surface area contributed by atoms with Crippen molar-refractivity contribution in [3.05, 3.63) is 29.0 Å². The number of aromatic nitrogens is 4. The standard InChI is InChI=1S/C7H6N4OS/c12-6-4-2-1-3-5(6)11-9-7(13)8-10-11/h1-4,12H,(H,9,13). The lowest BCUT2D eigenvalue weighted by Crippen LogP contribution is -1.98. The van der Waals surface area contributed by atoms with E-state index in [1.807, 2.05) is 0 Å². The summed E-state index contributed by atoms with van der Waals surface area (Å²) >= 11 is 4.74. The molecule has 0 amide bonds. The highest BCUT2D eigenvalue weighted by molar-refractivity contribution is 7.71. The Morgan fingerprint density at radius 2 is 2.15 bits per heavy atom. The summed E-state index contributed by atoms with van der Waals surface area (Å²) in [5.41, 5.74) is 0.520. The van der Waals surface area contributed by atoms with Crippen molar-refractivity contribution in [2.75, 3.05) is 0 Å². The molecule has 2 rings (SSSR count). The average molecular weight is 194 g/mol. The van der Waals surface area contributed by atoms with E-state index in [-0.39, 0.29) is 10.5 Å². The van der Waals surface area contributed by atoms with Crippen molar-refractivity contribution in [3.8, 4) is 11.4 Å². The zero-order valence-electron chi connectivity index (χ0n) is 6.51. The van der Waals surface area contributed by atoms with Gasteiger partial charge in [-0.15, -0.1) is 4.80 Å². The van der Waals surface area contributed by atoms with Crippen LogP contribution in [-0.4, -0.2) is 25.3 Å². The molecular formula is C7H6N4OS. The maximum Gasteiger partial charge on any atom is 0.236 e. The fourth-order valence-corrected chi connectivity index (χ4v) is 1.10. The third-order valence-corrected chi connectivity index (χ3v) is 1.71. The lowest BCUT2D eigenvalue weighted by molar-refractivity contribution is 0.466. The van der Waals surface area contributed by atoms with E-state index in [0.717, 1.165) is 0 Å². The van der Waals surface area contributed by atoms with Crippen molar-refractivity contribution >= 4 is 12.2 Å². The van der Waals surface area contributed by atoms with Crippen molar-refractivity contribution < 1.29 is 5.11 Å². The number of tetrazole rings is 1. The summed E-state index contributed by atoms with van der Waals surface area (Å²) in [6.45, 7) is 0. The largest absolute Gasteiger partial charge is 0.506 e. The Bertz CT molecular complexity index is 475. The maximum absolute atomic E-state index is 9.43. The molecule has 5 nitrogen and oxygen atoms in total. The van der Waals surface area contributed by atoms with E-state index in [9.17, 15) is 5.11 Å². The van der Waals surface area contributed by atoms with E-state index in [1.165, 1.54) is 4.80 Å². The smallest absolute Gasteiger partial charge is 0.236 e. The van der Waals surface area contributed by atoms with Crippen molar-refractivity contribution in [2.45, 2.75) is 0 Å². The first kappa shape index (κ1) is 7.93. The molecule has 0 bridgehead atoms. The van der Waals surface area contributed by atoms with Crippen molar-refractivity contribution in [1.29, 1.82) is 0 Å². The van der Waals surface area contributed by atoms with Gasteiger partial charge in [0, 0.05) is 0 Å². The number of hydrogen-bond donors (Lipinski definition) is 2. The minimum Gasteiger partial charge on any atom is -0.506 e. The van der Waals surface area contributed by atoms with Gasteiger partial charge >= 0.3 is 0 Å². The molecule has 1 aromatic carbocycles. The van der Waals surface area contributed by atoms with Gasteiger partial charge < -0.3 is 5.11 Å². The van der Waals surface area contributed by atoms with Crippen LogP contribution in [0.3, 0.4) is 0 Å². The summed E-state index contributed by atoms with van der Waals surface area (Å²) in [6.07, 6.45) is 0. The van der Waals surface area contributed by atoms with Gasteiger partial charge in [0.15, 0.2) is 0 Å². The van der Waals surface area contributed by atoms with Crippen LogP contribution in [0.4, 0.5) is 0 Å². The number of H-pyrrole nitrogens is 1. The molecule has 2 aromatic rings. The van der Waals surface area contributed by atoms with Crippen LogP contribution in [0.5, 0.6) is 5.75 Å². The van der Waals surface area contributed by atoms with Crippen molar-refractivity contribution in [1.82, 2.24) is 20.2 Å². The minimum absolute atomic E-state index is 0.124. The van der Waals surface area contributed by atoms with E-state index in [0.29, 0.717) is 5.69 Å². The molecule has 66 valence electrons. The number of rotatable bonds is 1. The second-order valence-corrected chi connectivity index (χ2v) is 2.79. The average Bonchev–Trinajstić information content (AvgIpc) is 2.53. The predicted molar refractivity (Wildman–Crippen MR) is 48.2 cm³/mol. The van der Waals surface area contributed by atoms with Gasteiger partial charge in [-0.2, -0.15) is 0 Å². The molecule has 0 fully saturated rings. The van der Waals surface area contributed by atoms with Crippen molar-refractivity contribution in [2.24, 2.45) is 0 Å². The predicted octanol–water partition coefficient (Wildman–Crippen LogP) is 1.03. The molecular weight excluding hydrogens is 188 g/mol. The topological polar surface area (TPSA) is 66.7 Å². The molecule has 1 aromatic heterocycles. The SMILES string of the molecule is Oc1ccccc1-n1nnc(=S)[nH]1. The molecule has 2 N–H and O–H groups in total. The third-order valence-electron chi connectivity index (χ3n) is 1.54. The van der Waals surface area contributed by atoms with Crippen LogP contribution in [0.15, 0.2) is 24.3 Å². The fourth-order valence-electron chi connectivity index (χ4n) is 0.972. The van der Waals surface area contributed by atoms with Crippen LogP contribution >= 0.6 is 12.2 Å². The molecule has 0 spiro atoms. The number of aromatic hydroxyl groups is 1. The molecule has 0 radical (unpaired) electrons. The first-order chi connectivity index (χ1) is 6.27. The molecule has 0 aliphatic carbocycles. The van der Waals surface area contributed by atoms with Crippen molar-refractivity contribution in [3.63, 3.8) is 0 Å². The van der Waals surface area contributed by atoms with E-state index in [2.05, 4.69) is 15.4 Å². The third kappa shape index (κ3) is 1.43. The van der Waals surface area contributed by atoms with Gasteiger partial charge in [-0.05, 0) is 29.6 Å². The van der Waals surface area contributed by atoms with Gasteiger partial charge in [0.05, 0.1) is 0 Å². The number of phenolic OH excluding ortho intramolecular Hbond substituents is 1. The number of aromatic amines is 1. The quantitative estimate of drug-likeness (QED) is 0.665. The van der Waals surface area contributed by atoms with Gasteiger partial charge in [-0.3, -0.25) is 0 Å². The van der Waals surface area contributed by atoms with Gasteiger partial charge in [0.2, 0.25) is 4.77 Å². The molecule has 0 saturated carbocycles. The maximum atomic E-state index is 9.43. The van der Waals surface area contributed by atoms with Gasteiger partial charge in [-0.25, -0.2) is 5.10 Å². The second kappa shape index (κ2) is 2.98. The molecule has 6 heteroatoms. The van der Waals surface area contributed by atoms with E-state index in [1.54, 1.807) is 24.3 Å². The van der Waals surface area contributed by atoms with Crippen LogP contribution in [0.1, 0.15) is 0 Å². The molecule has 1 heterocycles. The number of nitrogens with zero attached hydrogens (tertiary/aromatic N) is 3. The number of para-hydroxylation sites is 2. The van der Waals surface area contributed by atoms with Crippen LogP contribution in [0.25, 0.3) is 5.69 Å². The van der Waals surface area contributed by atoms with Crippen LogP contribution in [0.2, 0.25) is 0 Å². The minimum atomic E-state index is 0.124. The Balaban J connectivity index is 2.58. The Kier molecular flexibility index (Phi) is 1.82. The number of nitrogens with one attached hydrogen (secondary N) is 1. The second-order valence-electron chi connectivity index (χ2n) is 2.41. The monoisotopic (exact) mass is 194 g/mol. The molecule has 0 aliphatic heterocycles. The Morgan fingerprint density at radius 1 is 1.38 bits per heavy atom. The van der Waals surface area contributed by atoms with E-state index >= 15 is 0 Å². The summed E-state index contributed by atoms with van der Waals surface area (Å²) in [5.74, 6) is 0.124. The first-order valence-corrected chi connectivity index (χ1v) is 3.98. The van der Waals surface area contributed by atoms with Gasteiger partial charge in [0.1, 0.15) is 11.4 Å². The zero-order chi connectivity index (χ0) is 9.26. The first-order valence-electron chi connectivity index (χ1n) is 3.58. The summed E-state index contributed by atoms with van der Waals surface area (Å²) in [6, 6.07) is 6.78. The number of hydrogen-bond acceptors (Lipinski definition) is 4. The highest BCUT2D eigenvalue weighted by atomic mass is 32.1. The Labute approximate surface area is 78.6 Å². The van der Waals surface area contributed by atoms with Gasteiger partial charge in [0.25, 0.3) is 0 Å². The summed E-state index contributed by atoms with van der Waals surface area (Å²) in [4.78, 5) is 1.32. The van der Waals surface area contributed by atoms with E-state index in [4.69, 9.17) is 12.2 Å². The summed E-state index contributed by atoms with van der Waals surface area (Å²) in [5, 5.41) is 19.4. The molecule has 0 unspecified atom stereocenters. The Hall–Kier alpha value is -1.69. The number of benzene rings is 1. The van der Waals surface area contributed by atoms with Crippen LogP contribution in [0, 0.1) is 4.77 Å². The molecule has 13 heavy (non-hydrogen) atoms. The summed E-state index contributed by atoms with van der Waals surface area (Å²) in [7, 11) is 0. The van der Waals surface area contributed by atoms with Crippen LogP contribution in [-0.2, 0) is 0 Å². The normalized spacial score (nSPS) is 10.2. The molecule has 0 aliphatic rings.